The molecule has 2 aromatic rings. The number of alkyl carbamates (subject to hydrolysis) is 1. The maximum absolute atomic E-state index is 13.0. The van der Waals surface area contributed by atoms with Crippen LogP contribution in [-0.2, 0) is 11.2 Å². The molecule has 0 radical (unpaired) electrons. The lowest BCUT2D eigenvalue weighted by atomic mass is 9.70. The van der Waals surface area contributed by atoms with E-state index in [4.69, 9.17) is 9.47 Å². The molecule has 1 amide bonds. The van der Waals surface area contributed by atoms with Gasteiger partial charge in [0.1, 0.15) is 11.9 Å². The second-order valence-corrected chi connectivity index (χ2v) is 11.8. The molecule has 2 atom stereocenters. The fraction of sp³-hybridized carbons (Fsp3) is 0.567. The third-order valence-corrected chi connectivity index (χ3v) is 8.16. The Labute approximate surface area is 210 Å². The maximum Gasteiger partial charge on any atom is 0.407 e. The average Bonchev–Trinajstić information content (AvgIpc) is 2.85. The van der Waals surface area contributed by atoms with Crippen LogP contribution in [0.1, 0.15) is 64.1 Å². The number of nitrogens with zero attached hydrogens (tertiary/aromatic N) is 1. The molecule has 0 unspecified atom stereocenters. The number of ether oxygens (including phenoxy) is 2. The fourth-order valence-corrected chi connectivity index (χ4v) is 5.92. The SMILES string of the molecule is CC(C)COc1ccc(-c2ccc3c(c2)CCC(C)(C)[C@H]3NC(=O)O[C@@H]2CN3CCC2CC3)cc1. The number of rotatable bonds is 6. The van der Waals surface area contributed by atoms with Gasteiger partial charge >= 0.3 is 6.09 Å². The third-order valence-electron chi connectivity index (χ3n) is 8.16. The van der Waals surface area contributed by atoms with Gasteiger partial charge in [0.05, 0.1) is 12.6 Å². The van der Waals surface area contributed by atoms with E-state index < -0.39 is 0 Å². The van der Waals surface area contributed by atoms with Crippen LogP contribution in [0.15, 0.2) is 42.5 Å². The number of piperidine rings is 3. The van der Waals surface area contributed by atoms with Gasteiger partial charge in [-0.15, -0.1) is 0 Å². The minimum atomic E-state index is -0.268. The van der Waals surface area contributed by atoms with Crippen LogP contribution in [-0.4, -0.2) is 43.3 Å². The highest BCUT2D eigenvalue weighted by Crippen LogP contribution is 2.44. The lowest BCUT2D eigenvalue weighted by Crippen LogP contribution is -2.53. The molecule has 3 aliphatic heterocycles. The quantitative estimate of drug-likeness (QED) is 0.538. The van der Waals surface area contributed by atoms with Gasteiger partial charge in [-0.3, -0.25) is 4.90 Å². The first-order chi connectivity index (χ1) is 16.8. The second-order valence-electron chi connectivity index (χ2n) is 11.8. The van der Waals surface area contributed by atoms with Crippen LogP contribution >= 0.6 is 0 Å². The van der Waals surface area contributed by atoms with E-state index in [1.54, 1.807) is 0 Å². The van der Waals surface area contributed by atoms with Crippen molar-refractivity contribution in [3.05, 3.63) is 53.6 Å². The number of aryl methyl sites for hydroxylation is 1. The first-order valence-electron chi connectivity index (χ1n) is 13.3. The highest BCUT2D eigenvalue weighted by molar-refractivity contribution is 5.70. The number of amides is 1. The summed E-state index contributed by atoms with van der Waals surface area (Å²) in [5.74, 6) is 1.93. The molecule has 6 rings (SSSR count). The third kappa shape index (κ3) is 5.35. The van der Waals surface area contributed by atoms with Crippen LogP contribution in [0.3, 0.4) is 0 Å². The molecule has 1 aliphatic carbocycles. The number of fused-ring (bicyclic) bond motifs is 4. The molecule has 5 nitrogen and oxygen atoms in total. The van der Waals surface area contributed by atoms with Gasteiger partial charge < -0.3 is 14.8 Å². The van der Waals surface area contributed by atoms with Gasteiger partial charge in [-0.2, -0.15) is 0 Å². The summed E-state index contributed by atoms with van der Waals surface area (Å²) in [6.45, 7) is 12.7. The molecule has 1 N–H and O–H groups in total. The van der Waals surface area contributed by atoms with E-state index in [0.717, 1.165) is 57.7 Å². The number of hydrogen-bond donors (Lipinski definition) is 1. The Hall–Kier alpha value is -2.53. The highest BCUT2D eigenvalue weighted by atomic mass is 16.6. The van der Waals surface area contributed by atoms with Crippen molar-refractivity contribution < 1.29 is 14.3 Å². The van der Waals surface area contributed by atoms with Crippen LogP contribution in [0.4, 0.5) is 4.79 Å². The Morgan fingerprint density at radius 2 is 1.80 bits per heavy atom. The van der Waals surface area contributed by atoms with Gasteiger partial charge in [0.2, 0.25) is 0 Å². The Kier molecular flexibility index (Phi) is 6.80. The average molecular weight is 477 g/mol. The highest BCUT2D eigenvalue weighted by Gasteiger charge is 2.40. The molecule has 4 aliphatic rings. The van der Waals surface area contributed by atoms with Crippen molar-refractivity contribution in [2.45, 2.75) is 65.5 Å². The standard InChI is InChI=1S/C30H40N2O3/c1-20(2)19-34-25-8-5-21(6-9-25)23-7-10-26-24(17-23)11-14-30(3,4)28(26)31-29(33)35-27-18-32-15-12-22(27)13-16-32/h5-10,17,20,22,27-28H,11-16,18-19H2,1-4H3,(H,31,33)/t27-,28+/m1/s1. The predicted octanol–water partition coefficient (Wildman–Crippen LogP) is 6.22. The van der Waals surface area contributed by atoms with E-state index in [1.807, 2.05) is 0 Å². The normalized spacial score (nSPS) is 26.8. The predicted molar refractivity (Wildman–Crippen MR) is 140 cm³/mol. The number of hydrogen-bond acceptors (Lipinski definition) is 4. The van der Waals surface area contributed by atoms with E-state index in [-0.39, 0.29) is 23.7 Å². The zero-order valence-corrected chi connectivity index (χ0v) is 21.7. The molecule has 188 valence electrons. The van der Waals surface area contributed by atoms with Gasteiger partial charge in [0, 0.05) is 6.54 Å². The molecule has 5 heteroatoms. The van der Waals surface area contributed by atoms with E-state index >= 15 is 0 Å². The van der Waals surface area contributed by atoms with Crippen LogP contribution in [0.2, 0.25) is 0 Å². The summed E-state index contributed by atoms with van der Waals surface area (Å²) in [4.78, 5) is 15.4. The Balaban J connectivity index is 1.29. The molecule has 2 aromatic carbocycles. The Bertz CT molecular complexity index is 1040. The van der Waals surface area contributed by atoms with Crippen LogP contribution < -0.4 is 10.1 Å². The topological polar surface area (TPSA) is 50.8 Å². The molecule has 0 aromatic heterocycles. The van der Waals surface area contributed by atoms with Crippen molar-refractivity contribution in [2.24, 2.45) is 17.3 Å². The molecule has 0 spiro atoms. The molecule has 3 heterocycles. The molecular formula is C30H40N2O3. The summed E-state index contributed by atoms with van der Waals surface area (Å²) in [5.41, 5.74) is 4.88. The largest absolute Gasteiger partial charge is 0.493 e. The van der Waals surface area contributed by atoms with Gasteiger partial charge in [-0.05, 0) is 90.4 Å². The summed E-state index contributed by atoms with van der Waals surface area (Å²) < 4.78 is 11.8. The minimum Gasteiger partial charge on any atom is -0.493 e. The first-order valence-corrected chi connectivity index (χ1v) is 13.3. The smallest absolute Gasteiger partial charge is 0.407 e. The Morgan fingerprint density at radius 1 is 1.09 bits per heavy atom. The minimum absolute atomic E-state index is 0.0264. The van der Waals surface area contributed by atoms with Crippen LogP contribution in [0.5, 0.6) is 5.75 Å². The lowest BCUT2D eigenvalue weighted by Gasteiger charge is -2.44. The van der Waals surface area contributed by atoms with Crippen molar-refractivity contribution in [3.63, 3.8) is 0 Å². The molecule has 3 saturated heterocycles. The van der Waals surface area contributed by atoms with E-state index in [0.29, 0.717) is 11.8 Å². The first kappa shape index (κ1) is 24.2. The van der Waals surface area contributed by atoms with Crippen molar-refractivity contribution in [1.82, 2.24) is 10.2 Å². The summed E-state index contributed by atoms with van der Waals surface area (Å²) in [6.07, 6.45) is 4.08. The van der Waals surface area contributed by atoms with Crippen molar-refractivity contribution in [2.75, 3.05) is 26.2 Å². The van der Waals surface area contributed by atoms with Crippen molar-refractivity contribution in [3.8, 4) is 16.9 Å². The second kappa shape index (κ2) is 9.85. The Morgan fingerprint density at radius 3 is 2.46 bits per heavy atom. The van der Waals surface area contributed by atoms with Gasteiger partial charge in [0.15, 0.2) is 0 Å². The molecule has 35 heavy (non-hydrogen) atoms. The van der Waals surface area contributed by atoms with Gasteiger partial charge in [0.25, 0.3) is 0 Å². The summed E-state index contributed by atoms with van der Waals surface area (Å²) in [7, 11) is 0. The number of benzene rings is 2. The number of nitrogens with one attached hydrogen (secondary N) is 1. The molecule has 2 bridgehead atoms. The zero-order valence-electron chi connectivity index (χ0n) is 21.7. The van der Waals surface area contributed by atoms with Gasteiger partial charge in [-0.1, -0.05) is 58.0 Å². The summed E-state index contributed by atoms with van der Waals surface area (Å²) >= 11 is 0. The van der Waals surface area contributed by atoms with E-state index in [9.17, 15) is 4.79 Å². The van der Waals surface area contributed by atoms with Crippen molar-refractivity contribution >= 4 is 6.09 Å². The number of carbonyl (C=O) groups is 1. The summed E-state index contributed by atoms with van der Waals surface area (Å²) in [5, 5.41) is 3.27. The lowest BCUT2D eigenvalue weighted by molar-refractivity contribution is -0.0353. The monoisotopic (exact) mass is 476 g/mol. The molecule has 0 saturated carbocycles. The van der Waals surface area contributed by atoms with Gasteiger partial charge in [-0.25, -0.2) is 4.79 Å². The fourth-order valence-electron chi connectivity index (χ4n) is 5.92. The molecule has 3 fully saturated rings. The molecular weight excluding hydrogens is 436 g/mol. The zero-order chi connectivity index (χ0) is 24.6. The van der Waals surface area contributed by atoms with E-state index in [2.05, 4.69) is 80.4 Å². The summed E-state index contributed by atoms with van der Waals surface area (Å²) in [6, 6.07) is 15.0. The van der Waals surface area contributed by atoms with E-state index in [1.165, 1.54) is 22.3 Å². The maximum atomic E-state index is 13.0. The van der Waals surface area contributed by atoms with Crippen LogP contribution in [0.25, 0.3) is 11.1 Å². The van der Waals surface area contributed by atoms with Crippen molar-refractivity contribution in [1.29, 1.82) is 0 Å². The van der Waals surface area contributed by atoms with Crippen LogP contribution in [0, 0.1) is 17.3 Å². The number of carbonyl (C=O) groups excluding carboxylic acids is 1.